The molecule has 8 nitrogen and oxygen atoms in total. The first kappa shape index (κ1) is 17.7. The molecule has 9 heteroatoms. The highest BCUT2D eigenvalue weighted by molar-refractivity contribution is 7.15. The molecule has 0 radical (unpaired) electrons. The second kappa shape index (κ2) is 7.44. The molecule has 0 saturated carbocycles. The molecule has 2 heterocycles. The summed E-state index contributed by atoms with van der Waals surface area (Å²) in [6.45, 7) is -0.139. The third kappa shape index (κ3) is 3.33. The predicted octanol–water partition coefficient (Wildman–Crippen LogP) is 2.14. The van der Waals surface area contributed by atoms with Gasteiger partial charge in [-0.25, -0.2) is 9.78 Å². The first-order valence-corrected chi connectivity index (χ1v) is 8.38. The van der Waals surface area contributed by atoms with Crippen molar-refractivity contribution >= 4 is 22.3 Å². The number of carbonyl (C=O) groups excluding carboxylic acids is 1. The summed E-state index contributed by atoms with van der Waals surface area (Å²) < 4.78 is 22.3. The maximum absolute atomic E-state index is 12.5. The molecule has 1 aromatic carbocycles. The van der Waals surface area contributed by atoms with Crippen molar-refractivity contribution in [2.75, 3.05) is 21.3 Å². The molecule has 0 spiro atoms. The molecule has 0 atom stereocenters. The quantitative estimate of drug-likeness (QED) is 0.609. The molecule has 0 saturated heterocycles. The molecule has 2 aromatic heterocycles. The zero-order valence-electron chi connectivity index (χ0n) is 14.3. The standard InChI is InChI=1S/C17H16N2O6S/c1-22-12-8-14(24-3)13(23-2)7-11(12)16(21)25-9-10-6-15(20)19-4-5-26-17(19)18-10/h4-8H,9H2,1-3H3. The molecule has 3 aromatic rings. The summed E-state index contributed by atoms with van der Waals surface area (Å²) in [7, 11) is 4.39. The summed E-state index contributed by atoms with van der Waals surface area (Å²) in [6, 6.07) is 4.35. The average Bonchev–Trinajstić information content (AvgIpc) is 3.14. The predicted molar refractivity (Wildman–Crippen MR) is 94.6 cm³/mol. The minimum atomic E-state index is -0.629. The number of esters is 1. The van der Waals surface area contributed by atoms with E-state index in [-0.39, 0.29) is 23.5 Å². The van der Waals surface area contributed by atoms with Crippen molar-refractivity contribution in [3.8, 4) is 17.2 Å². The van der Waals surface area contributed by atoms with Gasteiger partial charge in [0.2, 0.25) is 0 Å². The third-order valence-corrected chi connectivity index (χ3v) is 4.39. The van der Waals surface area contributed by atoms with E-state index in [0.29, 0.717) is 22.2 Å². The Bertz CT molecular complexity index is 1010. The van der Waals surface area contributed by atoms with E-state index in [1.54, 1.807) is 11.6 Å². The van der Waals surface area contributed by atoms with Crippen LogP contribution in [-0.2, 0) is 11.3 Å². The number of carbonyl (C=O) groups is 1. The highest BCUT2D eigenvalue weighted by Crippen LogP contribution is 2.35. The average molecular weight is 376 g/mol. The summed E-state index contributed by atoms with van der Waals surface area (Å²) in [5, 5.41) is 1.76. The number of fused-ring (bicyclic) bond motifs is 1. The number of rotatable bonds is 6. The fraction of sp³-hybridized carbons (Fsp3) is 0.235. The molecule has 0 amide bonds. The van der Waals surface area contributed by atoms with E-state index in [1.165, 1.54) is 55.3 Å². The van der Waals surface area contributed by atoms with Gasteiger partial charge >= 0.3 is 5.97 Å². The Morgan fingerprint density at radius 3 is 2.46 bits per heavy atom. The lowest BCUT2D eigenvalue weighted by molar-refractivity contribution is 0.0463. The van der Waals surface area contributed by atoms with E-state index in [0.717, 1.165) is 0 Å². The van der Waals surface area contributed by atoms with Crippen molar-refractivity contribution < 1.29 is 23.7 Å². The zero-order chi connectivity index (χ0) is 18.7. The Kier molecular flexibility index (Phi) is 5.08. The zero-order valence-corrected chi connectivity index (χ0v) is 15.2. The summed E-state index contributed by atoms with van der Waals surface area (Å²) in [4.78, 5) is 29.3. The summed E-state index contributed by atoms with van der Waals surface area (Å²) in [5.74, 6) is 0.459. The van der Waals surface area contributed by atoms with E-state index in [9.17, 15) is 9.59 Å². The molecular weight excluding hydrogens is 360 g/mol. The maximum atomic E-state index is 12.5. The van der Waals surface area contributed by atoms with Crippen LogP contribution in [0.5, 0.6) is 17.2 Å². The molecule has 0 bridgehead atoms. The van der Waals surface area contributed by atoms with Crippen LogP contribution >= 0.6 is 11.3 Å². The molecule has 26 heavy (non-hydrogen) atoms. The summed E-state index contributed by atoms with van der Waals surface area (Å²) in [6.07, 6.45) is 1.64. The Morgan fingerprint density at radius 2 is 1.77 bits per heavy atom. The number of nitrogens with zero attached hydrogens (tertiary/aromatic N) is 2. The van der Waals surface area contributed by atoms with Crippen LogP contribution in [0.25, 0.3) is 4.96 Å². The van der Waals surface area contributed by atoms with Crippen LogP contribution in [0.2, 0.25) is 0 Å². The van der Waals surface area contributed by atoms with Crippen LogP contribution in [0.15, 0.2) is 34.6 Å². The van der Waals surface area contributed by atoms with Gasteiger partial charge in [-0.05, 0) is 0 Å². The van der Waals surface area contributed by atoms with Gasteiger partial charge in [-0.15, -0.1) is 11.3 Å². The van der Waals surface area contributed by atoms with Gasteiger partial charge in [0.05, 0.1) is 27.0 Å². The largest absolute Gasteiger partial charge is 0.496 e. The van der Waals surface area contributed by atoms with Crippen LogP contribution in [0.1, 0.15) is 16.1 Å². The van der Waals surface area contributed by atoms with Crippen molar-refractivity contribution in [1.82, 2.24) is 9.38 Å². The van der Waals surface area contributed by atoms with Gasteiger partial charge in [0, 0.05) is 29.8 Å². The topological polar surface area (TPSA) is 88.4 Å². The van der Waals surface area contributed by atoms with Crippen molar-refractivity contribution in [1.29, 1.82) is 0 Å². The number of hydrogen-bond acceptors (Lipinski definition) is 8. The van der Waals surface area contributed by atoms with Crippen molar-refractivity contribution in [3.63, 3.8) is 0 Å². The lowest BCUT2D eigenvalue weighted by Gasteiger charge is -2.13. The summed E-state index contributed by atoms with van der Waals surface area (Å²) >= 11 is 1.32. The Labute approximate surface area is 152 Å². The van der Waals surface area contributed by atoms with Crippen LogP contribution in [0, 0.1) is 0 Å². The van der Waals surface area contributed by atoms with Gasteiger partial charge in [-0.2, -0.15) is 0 Å². The molecule has 0 N–H and O–H groups in total. The van der Waals surface area contributed by atoms with E-state index < -0.39 is 5.97 Å². The minimum absolute atomic E-state index is 0.139. The van der Waals surface area contributed by atoms with Crippen molar-refractivity contribution in [3.05, 3.63) is 51.4 Å². The van der Waals surface area contributed by atoms with Crippen molar-refractivity contribution in [2.24, 2.45) is 0 Å². The normalized spacial score (nSPS) is 10.6. The van der Waals surface area contributed by atoms with Crippen LogP contribution in [0.3, 0.4) is 0 Å². The van der Waals surface area contributed by atoms with Gasteiger partial charge in [-0.1, -0.05) is 0 Å². The number of thiazole rings is 1. The van der Waals surface area contributed by atoms with E-state index >= 15 is 0 Å². The molecular formula is C17H16N2O6S. The first-order valence-electron chi connectivity index (χ1n) is 7.50. The van der Waals surface area contributed by atoms with E-state index in [1.807, 2.05) is 0 Å². The highest BCUT2D eigenvalue weighted by atomic mass is 32.1. The number of benzene rings is 1. The molecule has 0 unspecified atom stereocenters. The van der Waals surface area contributed by atoms with Crippen LogP contribution in [0.4, 0.5) is 0 Å². The molecule has 0 aliphatic heterocycles. The monoisotopic (exact) mass is 376 g/mol. The smallest absolute Gasteiger partial charge is 0.342 e. The van der Waals surface area contributed by atoms with Crippen LogP contribution in [-0.4, -0.2) is 36.7 Å². The fourth-order valence-electron chi connectivity index (χ4n) is 2.37. The van der Waals surface area contributed by atoms with E-state index in [2.05, 4.69) is 4.98 Å². The number of ether oxygens (including phenoxy) is 4. The Balaban J connectivity index is 1.84. The number of hydrogen-bond donors (Lipinski definition) is 0. The third-order valence-electron chi connectivity index (χ3n) is 3.63. The second-order valence-electron chi connectivity index (χ2n) is 5.12. The Hall–Kier alpha value is -3.07. The number of aromatic nitrogens is 2. The molecule has 0 fully saturated rings. The van der Waals surface area contributed by atoms with Crippen LogP contribution < -0.4 is 19.8 Å². The Morgan fingerprint density at radius 1 is 1.08 bits per heavy atom. The summed E-state index contributed by atoms with van der Waals surface area (Å²) in [5.41, 5.74) is 0.315. The maximum Gasteiger partial charge on any atom is 0.342 e. The molecule has 3 rings (SSSR count). The first-order chi connectivity index (χ1) is 12.6. The van der Waals surface area contributed by atoms with Gasteiger partial charge in [0.15, 0.2) is 16.5 Å². The molecule has 0 aliphatic carbocycles. The minimum Gasteiger partial charge on any atom is -0.496 e. The van der Waals surface area contributed by atoms with E-state index in [4.69, 9.17) is 18.9 Å². The lowest BCUT2D eigenvalue weighted by Crippen LogP contribution is -2.15. The van der Waals surface area contributed by atoms with Gasteiger partial charge in [-0.3, -0.25) is 9.20 Å². The van der Waals surface area contributed by atoms with Gasteiger partial charge < -0.3 is 18.9 Å². The molecule has 0 aliphatic rings. The highest BCUT2D eigenvalue weighted by Gasteiger charge is 2.19. The van der Waals surface area contributed by atoms with Gasteiger partial charge in [0.1, 0.15) is 17.9 Å². The second-order valence-corrected chi connectivity index (χ2v) is 6.00. The fourth-order valence-corrected chi connectivity index (χ4v) is 3.11. The van der Waals surface area contributed by atoms with Gasteiger partial charge in [0.25, 0.3) is 5.56 Å². The lowest BCUT2D eigenvalue weighted by atomic mass is 10.1. The van der Waals surface area contributed by atoms with Crippen molar-refractivity contribution in [2.45, 2.75) is 6.61 Å². The molecule has 136 valence electrons. The number of methoxy groups -OCH3 is 3. The SMILES string of the molecule is COc1cc(OC)c(C(=O)OCc2cc(=O)n3ccsc3n2)cc1OC.